The highest BCUT2D eigenvalue weighted by atomic mass is 19.4. The van der Waals surface area contributed by atoms with Crippen LogP contribution < -0.4 is 10.3 Å². The van der Waals surface area contributed by atoms with Gasteiger partial charge in [-0.2, -0.15) is 0 Å². The Balaban J connectivity index is 2.18. The molecule has 0 unspecified atom stereocenters. The van der Waals surface area contributed by atoms with E-state index in [4.69, 9.17) is 0 Å². The van der Waals surface area contributed by atoms with Gasteiger partial charge in [0.05, 0.1) is 22.9 Å². The number of fused-ring (bicyclic) bond motifs is 1. The number of hydrogen-bond acceptors (Lipinski definition) is 3. The molecule has 0 fully saturated rings. The van der Waals surface area contributed by atoms with Crippen LogP contribution in [0, 0.1) is 0 Å². The zero-order chi connectivity index (χ0) is 15.7. The summed E-state index contributed by atoms with van der Waals surface area (Å²) in [5.74, 6) is -0.391. The second-order valence-electron chi connectivity index (χ2n) is 4.47. The monoisotopic (exact) mass is 306 g/mol. The highest BCUT2D eigenvalue weighted by Gasteiger charge is 2.31. The van der Waals surface area contributed by atoms with Crippen molar-refractivity contribution in [3.8, 4) is 11.4 Å². The highest BCUT2D eigenvalue weighted by Crippen LogP contribution is 2.25. The molecule has 1 heterocycles. The van der Waals surface area contributed by atoms with Crippen LogP contribution in [0.5, 0.6) is 5.75 Å². The number of benzene rings is 2. The molecule has 7 heteroatoms. The molecule has 0 aliphatic carbocycles. The molecule has 0 N–H and O–H groups in total. The largest absolute Gasteiger partial charge is 0.573 e. The lowest BCUT2D eigenvalue weighted by Crippen LogP contribution is -2.20. The van der Waals surface area contributed by atoms with Crippen LogP contribution in [0.4, 0.5) is 13.2 Å². The molecule has 0 aliphatic rings. The lowest BCUT2D eigenvalue weighted by atomic mass is 10.2. The summed E-state index contributed by atoms with van der Waals surface area (Å²) >= 11 is 0. The minimum Gasteiger partial charge on any atom is -0.406 e. The Bertz CT molecular complexity index is 888. The lowest BCUT2D eigenvalue weighted by Gasteiger charge is -2.12. The van der Waals surface area contributed by atoms with Gasteiger partial charge in [-0.1, -0.05) is 18.2 Å². The third-order valence-corrected chi connectivity index (χ3v) is 2.97. The number of para-hydroxylation sites is 2. The molecule has 2 aromatic carbocycles. The molecule has 0 amide bonds. The van der Waals surface area contributed by atoms with Gasteiger partial charge in [0, 0.05) is 6.07 Å². The Morgan fingerprint density at radius 2 is 1.82 bits per heavy atom. The second kappa shape index (κ2) is 5.18. The van der Waals surface area contributed by atoms with E-state index in [1.165, 1.54) is 22.8 Å². The van der Waals surface area contributed by atoms with E-state index in [0.29, 0.717) is 11.0 Å². The van der Waals surface area contributed by atoms with Gasteiger partial charge < -0.3 is 4.74 Å². The van der Waals surface area contributed by atoms with E-state index in [9.17, 15) is 18.0 Å². The van der Waals surface area contributed by atoms with Crippen molar-refractivity contribution in [3.05, 3.63) is 65.1 Å². The zero-order valence-electron chi connectivity index (χ0n) is 11.0. The summed E-state index contributed by atoms with van der Waals surface area (Å²) in [5, 5.41) is 0. The third-order valence-electron chi connectivity index (χ3n) is 2.97. The Labute approximate surface area is 122 Å². The molecule has 0 radical (unpaired) electrons. The van der Waals surface area contributed by atoms with E-state index in [1.807, 2.05) is 0 Å². The molecule has 3 aromatic rings. The molecule has 3 rings (SSSR count). The van der Waals surface area contributed by atoms with E-state index in [2.05, 4.69) is 9.72 Å². The Morgan fingerprint density at radius 1 is 1.05 bits per heavy atom. The van der Waals surface area contributed by atoms with Gasteiger partial charge in [0.2, 0.25) is 0 Å². The Kier molecular flexibility index (Phi) is 3.32. The maximum atomic E-state index is 12.3. The molecule has 0 saturated heterocycles. The molecule has 0 atom stereocenters. The van der Waals surface area contributed by atoms with Crippen molar-refractivity contribution in [1.29, 1.82) is 0 Å². The number of nitrogens with zero attached hydrogens (tertiary/aromatic N) is 2. The number of rotatable bonds is 2. The van der Waals surface area contributed by atoms with Crippen LogP contribution in [0.1, 0.15) is 0 Å². The van der Waals surface area contributed by atoms with Crippen molar-refractivity contribution in [2.45, 2.75) is 6.36 Å². The van der Waals surface area contributed by atoms with Gasteiger partial charge in [-0.25, -0.2) is 4.98 Å². The minimum atomic E-state index is -4.79. The second-order valence-corrected chi connectivity index (χ2v) is 4.47. The van der Waals surface area contributed by atoms with E-state index < -0.39 is 17.7 Å². The van der Waals surface area contributed by atoms with E-state index in [1.54, 1.807) is 24.3 Å². The molecule has 4 nitrogen and oxygen atoms in total. The van der Waals surface area contributed by atoms with Crippen molar-refractivity contribution >= 4 is 11.0 Å². The predicted molar refractivity (Wildman–Crippen MR) is 74.0 cm³/mol. The van der Waals surface area contributed by atoms with Crippen LogP contribution >= 0.6 is 0 Å². The van der Waals surface area contributed by atoms with Gasteiger partial charge in [0.25, 0.3) is 5.56 Å². The SMILES string of the molecule is O=c1cnc2ccccc2n1-c1cccc(OC(F)(F)F)c1. The van der Waals surface area contributed by atoms with Crippen LogP contribution in [-0.4, -0.2) is 15.9 Å². The number of alkyl halides is 3. The first-order chi connectivity index (χ1) is 10.4. The van der Waals surface area contributed by atoms with Gasteiger partial charge >= 0.3 is 6.36 Å². The standard InChI is InChI=1S/C15H9F3N2O2/c16-15(17,18)22-11-5-3-4-10(8-11)20-13-7-2-1-6-12(13)19-9-14(20)21/h1-9H. The van der Waals surface area contributed by atoms with Crippen molar-refractivity contribution in [2.75, 3.05) is 0 Å². The van der Waals surface area contributed by atoms with Crippen molar-refractivity contribution in [2.24, 2.45) is 0 Å². The van der Waals surface area contributed by atoms with Crippen molar-refractivity contribution < 1.29 is 17.9 Å². The van der Waals surface area contributed by atoms with Crippen molar-refractivity contribution in [3.63, 3.8) is 0 Å². The topological polar surface area (TPSA) is 44.1 Å². The highest BCUT2D eigenvalue weighted by molar-refractivity contribution is 5.76. The van der Waals surface area contributed by atoms with Gasteiger partial charge in [-0.05, 0) is 24.3 Å². The summed E-state index contributed by atoms with van der Waals surface area (Å²) in [5.41, 5.74) is 0.886. The first-order valence-corrected chi connectivity index (χ1v) is 6.27. The van der Waals surface area contributed by atoms with Crippen LogP contribution in [-0.2, 0) is 0 Å². The molecular formula is C15H9F3N2O2. The van der Waals surface area contributed by atoms with Crippen LogP contribution in [0.3, 0.4) is 0 Å². The summed E-state index contributed by atoms with van der Waals surface area (Å²) in [6.45, 7) is 0. The fourth-order valence-corrected chi connectivity index (χ4v) is 2.15. The first-order valence-electron chi connectivity index (χ1n) is 6.27. The third kappa shape index (κ3) is 2.78. The summed E-state index contributed by atoms with van der Waals surface area (Å²) in [4.78, 5) is 16.1. The molecule has 0 aliphatic heterocycles. The molecule has 1 aromatic heterocycles. The lowest BCUT2D eigenvalue weighted by molar-refractivity contribution is -0.274. The molecule has 22 heavy (non-hydrogen) atoms. The van der Waals surface area contributed by atoms with E-state index in [-0.39, 0.29) is 5.69 Å². The number of aromatic nitrogens is 2. The molecule has 0 saturated carbocycles. The molecule has 0 bridgehead atoms. The Morgan fingerprint density at radius 3 is 2.59 bits per heavy atom. The number of halogens is 3. The van der Waals surface area contributed by atoms with Crippen molar-refractivity contribution in [1.82, 2.24) is 9.55 Å². The number of ether oxygens (including phenoxy) is 1. The van der Waals surface area contributed by atoms with Gasteiger partial charge in [0.1, 0.15) is 5.75 Å². The van der Waals surface area contributed by atoms with Gasteiger partial charge in [-0.15, -0.1) is 13.2 Å². The summed E-state index contributed by atoms with van der Waals surface area (Å²) in [7, 11) is 0. The van der Waals surface area contributed by atoms with E-state index >= 15 is 0 Å². The maximum absolute atomic E-state index is 12.3. The Hall–Kier alpha value is -2.83. The molecule has 0 spiro atoms. The van der Waals surface area contributed by atoms with E-state index in [0.717, 1.165) is 12.3 Å². The quantitative estimate of drug-likeness (QED) is 0.730. The van der Waals surface area contributed by atoms with Crippen LogP contribution in [0.2, 0.25) is 0 Å². The van der Waals surface area contributed by atoms with Gasteiger partial charge in [0.15, 0.2) is 0 Å². The van der Waals surface area contributed by atoms with Crippen LogP contribution in [0.15, 0.2) is 59.5 Å². The summed E-state index contributed by atoms with van der Waals surface area (Å²) in [6.07, 6.45) is -3.66. The normalized spacial score (nSPS) is 11.6. The predicted octanol–water partition coefficient (Wildman–Crippen LogP) is 3.28. The van der Waals surface area contributed by atoms with Crippen LogP contribution in [0.25, 0.3) is 16.7 Å². The summed E-state index contributed by atoms with van der Waals surface area (Å²) in [6, 6.07) is 12.1. The zero-order valence-corrected chi connectivity index (χ0v) is 11.0. The fourth-order valence-electron chi connectivity index (χ4n) is 2.15. The average Bonchev–Trinajstić information content (AvgIpc) is 2.45. The molecular weight excluding hydrogens is 297 g/mol. The first kappa shape index (κ1) is 14.1. The average molecular weight is 306 g/mol. The maximum Gasteiger partial charge on any atom is 0.573 e. The van der Waals surface area contributed by atoms with Gasteiger partial charge in [-0.3, -0.25) is 9.36 Å². The minimum absolute atomic E-state index is 0.269. The fraction of sp³-hybridized carbons (Fsp3) is 0.0667. The molecule has 112 valence electrons. The summed E-state index contributed by atoms with van der Waals surface area (Å²) < 4.78 is 42.1. The number of hydrogen-bond donors (Lipinski definition) is 0. The smallest absolute Gasteiger partial charge is 0.406 e.